The van der Waals surface area contributed by atoms with Crippen molar-refractivity contribution in [3.8, 4) is 0 Å². The minimum atomic E-state index is -3.93. The molecule has 21 heavy (non-hydrogen) atoms. The molecule has 2 heterocycles. The Kier molecular flexibility index (Phi) is 4.38. The monoisotopic (exact) mass is 313 g/mol. The van der Waals surface area contributed by atoms with E-state index in [0.29, 0.717) is 5.82 Å². The molecule has 10 heteroatoms. The molecule has 0 bridgehead atoms. The minimum absolute atomic E-state index is 0.00683. The average molecular weight is 313 g/mol. The molecule has 0 aliphatic rings. The molecule has 114 valence electrons. The molecule has 0 amide bonds. The van der Waals surface area contributed by atoms with Gasteiger partial charge in [0.15, 0.2) is 5.03 Å². The maximum Gasteiger partial charge on any atom is 0.342 e. The van der Waals surface area contributed by atoms with E-state index in [1.807, 2.05) is 0 Å². The maximum absolute atomic E-state index is 12.2. The quantitative estimate of drug-likeness (QED) is 0.713. The first-order valence-corrected chi connectivity index (χ1v) is 7.60. The fraction of sp³-hybridized carbons (Fsp3) is 0.364. The lowest BCUT2D eigenvalue weighted by atomic mass is 10.4. The molecule has 0 aromatic carbocycles. The smallest absolute Gasteiger partial charge is 0.342 e. The van der Waals surface area contributed by atoms with Gasteiger partial charge in [0.25, 0.3) is 10.0 Å². The Morgan fingerprint density at radius 1 is 1.52 bits per heavy atom. The molecule has 2 aromatic heterocycles. The summed E-state index contributed by atoms with van der Waals surface area (Å²) in [6.45, 7) is 1.77. The minimum Gasteiger partial charge on any atom is -0.462 e. The lowest BCUT2D eigenvalue weighted by Gasteiger charge is -2.07. The number of nitrogens with zero attached hydrogens (tertiary/aromatic N) is 3. The van der Waals surface area contributed by atoms with Crippen molar-refractivity contribution < 1.29 is 17.9 Å². The average Bonchev–Trinajstić information content (AvgIpc) is 3.05. The molecule has 0 unspecified atom stereocenters. The molecule has 2 aromatic rings. The number of carbonyl (C=O) groups excluding carboxylic acids is 1. The highest BCUT2D eigenvalue weighted by molar-refractivity contribution is 7.89. The van der Waals surface area contributed by atoms with Crippen LogP contribution in [0.15, 0.2) is 23.6 Å². The summed E-state index contributed by atoms with van der Waals surface area (Å²) in [4.78, 5) is 15.7. The summed E-state index contributed by atoms with van der Waals surface area (Å²) in [6.07, 6.45) is 4.38. The fourth-order valence-corrected chi connectivity index (χ4v) is 2.69. The second-order valence-corrected chi connectivity index (χ2v) is 5.82. The Bertz CT molecular complexity index is 733. The van der Waals surface area contributed by atoms with Crippen LogP contribution >= 0.6 is 0 Å². The first kappa shape index (κ1) is 15.2. The van der Waals surface area contributed by atoms with Gasteiger partial charge in [0, 0.05) is 19.4 Å². The van der Waals surface area contributed by atoms with Gasteiger partial charge in [-0.25, -0.2) is 22.9 Å². The van der Waals surface area contributed by atoms with Crippen LogP contribution in [0.2, 0.25) is 0 Å². The molecule has 0 radical (unpaired) electrons. The third kappa shape index (κ3) is 3.28. The molecule has 2 rings (SSSR count). The predicted molar refractivity (Wildman–Crippen MR) is 71.8 cm³/mol. The van der Waals surface area contributed by atoms with E-state index in [0.717, 1.165) is 6.20 Å². The van der Waals surface area contributed by atoms with Gasteiger partial charge in [0.1, 0.15) is 11.4 Å². The van der Waals surface area contributed by atoms with Gasteiger partial charge in [-0.3, -0.25) is 5.10 Å². The van der Waals surface area contributed by atoms with Crippen molar-refractivity contribution >= 4 is 16.0 Å². The van der Waals surface area contributed by atoms with E-state index in [1.54, 1.807) is 30.9 Å². The van der Waals surface area contributed by atoms with Gasteiger partial charge >= 0.3 is 5.97 Å². The summed E-state index contributed by atoms with van der Waals surface area (Å²) in [5.74, 6) is -0.209. The number of ether oxygens (including phenoxy) is 1. The standard InChI is InChI=1S/C11H15N5O4S/c1-3-20-11(17)8-6-13-15-10(8)21(18,19)14-7-9-12-4-5-16(9)2/h4-6,14H,3,7H2,1-2H3,(H,13,15). The Balaban J connectivity index is 2.19. The first-order chi connectivity index (χ1) is 9.95. The Labute approximate surface area is 121 Å². The fourth-order valence-electron chi connectivity index (χ4n) is 1.63. The number of carbonyl (C=O) groups is 1. The molecule has 0 saturated heterocycles. The van der Waals surface area contributed by atoms with Gasteiger partial charge in [-0.05, 0) is 6.92 Å². The number of rotatable bonds is 6. The van der Waals surface area contributed by atoms with Crippen LogP contribution in [0.1, 0.15) is 23.1 Å². The number of aryl methyl sites for hydroxylation is 1. The summed E-state index contributed by atoms with van der Waals surface area (Å²) in [7, 11) is -2.18. The van der Waals surface area contributed by atoms with Crippen LogP contribution in [-0.2, 0) is 28.4 Å². The van der Waals surface area contributed by atoms with E-state index in [-0.39, 0.29) is 23.7 Å². The number of hydrogen-bond donors (Lipinski definition) is 2. The predicted octanol–water partition coefficient (Wildman–Crippen LogP) is -0.202. The number of hydrogen-bond acceptors (Lipinski definition) is 6. The summed E-state index contributed by atoms with van der Waals surface area (Å²) in [5.41, 5.74) is -0.135. The molecule has 0 aliphatic heterocycles. The third-order valence-corrected chi connectivity index (χ3v) is 4.08. The molecule has 2 N–H and O–H groups in total. The number of esters is 1. The normalized spacial score (nSPS) is 11.5. The Hall–Kier alpha value is -2.20. The molecule has 0 aliphatic carbocycles. The molecular formula is C11H15N5O4S. The number of H-pyrrole nitrogens is 1. The second kappa shape index (κ2) is 6.06. The van der Waals surface area contributed by atoms with Crippen LogP contribution in [0.5, 0.6) is 0 Å². The number of sulfonamides is 1. The molecule has 0 saturated carbocycles. The maximum atomic E-state index is 12.2. The summed E-state index contributed by atoms with van der Waals surface area (Å²) >= 11 is 0. The van der Waals surface area contributed by atoms with Crippen LogP contribution in [0.4, 0.5) is 0 Å². The lowest BCUT2D eigenvalue weighted by molar-refractivity contribution is 0.0522. The van der Waals surface area contributed by atoms with E-state index in [4.69, 9.17) is 4.74 Å². The van der Waals surface area contributed by atoms with Gasteiger partial charge in [-0.2, -0.15) is 5.10 Å². The largest absolute Gasteiger partial charge is 0.462 e. The van der Waals surface area contributed by atoms with E-state index in [9.17, 15) is 13.2 Å². The zero-order valence-corrected chi connectivity index (χ0v) is 12.3. The Morgan fingerprint density at radius 2 is 2.29 bits per heavy atom. The van der Waals surface area contributed by atoms with Crippen molar-refractivity contribution in [3.63, 3.8) is 0 Å². The Morgan fingerprint density at radius 3 is 2.90 bits per heavy atom. The molecular weight excluding hydrogens is 298 g/mol. The summed E-state index contributed by atoms with van der Waals surface area (Å²) in [5, 5.41) is 5.57. The van der Waals surface area contributed by atoms with Crippen LogP contribution < -0.4 is 4.72 Å². The van der Waals surface area contributed by atoms with Crippen LogP contribution in [0.25, 0.3) is 0 Å². The van der Waals surface area contributed by atoms with Crippen molar-refractivity contribution in [1.29, 1.82) is 0 Å². The molecule has 0 fully saturated rings. The number of aromatic amines is 1. The van der Waals surface area contributed by atoms with Gasteiger partial charge in [0.05, 0.1) is 19.3 Å². The van der Waals surface area contributed by atoms with Gasteiger partial charge in [0.2, 0.25) is 0 Å². The first-order valence-electron chi connectivity index (χ1n) is 6.12. The second-order valence-electron chi connectivity index (χ2n) is 4.11. The lowest BCUT2D eigenvalue weighted by Crippen LogP contribution is -2.26. The highest BCUT2D eigenvalue weighted by atomic mass is 32.2. The summed E-state index contributed by atoms with van der Waals surface area (Å²) in [6, 6.07) is 0. The molecule has 0 spiro atoms. The zero-order chi connectivity index (χ0) is 15.5. The van der Waals surface area contributed by atoms with E-state index in [2.05, 4.69) is 19.9 Å². The van der Waals surface area contributed by atoms with E-state index >= 15 is 0 Å². The number of aromatic nitrogens is 4. The van der Waals surface area contributed by atoms with E-state index < -0.39 is 16.0 Å². The van der Waals surface area contributed by atoms with Crippen molar-refractivity contribution in [2.75, 3.05) is 6.61 Å². The highest BCUT2D eigenvalue weighted by Crippen LogP contribution is 2.13. The van der Waals surface area contributed by atoms with Crippen molar-refractivity contribution in [2.24, 2.45) is 7.05 Å². The van der Waals surface area contributed by atoms with Crippen molar-refractivity contribution in [3.05, 3.63) is 30.0 Å². The van der Waals surface area contributed by atoms with E-state index in [1.165, 1.54) is 0 Å². The van der Waals surface area contributed by atoms with Crippen LogP contribution in [0.3, 0.4) is 0 Å². The third-order valence-electron chi connectivity index (χ3n) is 2.71. The molecule has 0 atom stereocenters. The van der Waals surface area contributed by atoms with Crippen LogP contribution in [-0.4, -0.2) is 40.7 Å². The summed E-state index contributed by atoms with van der Waals surface area (Å²) < 4.78 is 33.2. The van der Waals surface area contributed by atoms with Gasteiger partial charge < -0.3 is 9.30 Å². The van der Waals surface area contributed by atoms with Gasteiger partial charge in [-0.15, -0.1) is 0 Å². The number of imidazole rings is 1. The van der Waals surface area contributed by atoms with Crippen LogP contribution in [0, 0.1) is 0 Å². The van der Waals surface area contributed by atoms with Crippen molar-refractivity contribution in [1.82, 2.24) is 24.5 Å². The topological polar surface area (TPSA) is 119 Å². The molecule has 9 nitrogen and oxygen atoms in total. The SMILES string of the molecule is CCOC(=O)c1cn[nH]c1S(=O)(=O)NCc1nccn1C. The zero-order valence-electron chi connectivity index (χ0n) is 11.5. The number of nitrogens with one attached hydrogen (secondary N) is 2. The van der Waals surface area contributed by atoms with Crippen molar-refractivity contribution in [2.45, 2.75) is 18.5 Å². The highest BCUT2D eigenvalue weighted by Gasteiger charge is 2.25. The van der Waals surface area contributed by atoms with Gasteiger partial charge in [-0.1, -0.05) is 0 Å².